The van der Waals surface area contributed by atoms with Gasteiger partial charge in [-0.15, -0.1) is 0 Å². The molecule has 2 aromatic rings. The quantitative estimate of drug-likeness (QED) is 0.834. The molecule has 1 aliphatic heterocycles. The number of carbonyl (C=O) groups is 1. The summed E-state index contributed by atoms with van der Waals surface area (Å²) in [7, 11) is -3.59. The van der Waals surface area contributed by atoms with Crippen LogP contribution in [0.1, 0.15) is 5.56 Å². The minimum absolute atomic E-state index is 0.126. The Morgan fingerprint density at radius 1 is 1.19 bits per heavy atom. The van der Waals surface area contributed by atoms with E-state index in [0.29, 0.717) is 15.7 Å². The molecule has 0 bridgehead atoms. The molecule has 1 atom stereocenters. The molecule has 9 heteroatoms. The lowest BCUT2D eigenvalue weighted by Gasteiger charge is -2.34. The van der Waals surface area contributed by atoms with Crippen LogP contribution in [0.2, 0.25) is 10.0 Å². The van der Waals surface area contributed by atoms with Crippen LogP contribution in [-0.2, 0) is 21.4 Å². The van der Waals surface area contributed by atoms with Crippen LogP contribution in [0, 0.1) is 0 Å². The zero-order chi connectivity index (χ0) is 18.9. The predicted molar refractivity (Wildman–Crippen MR) is 101 cm³/mol. The van der Waals surface area contributed by atoms with Gasteiger partial charge in [0.15, 0.2) is 6.10 Å². The third-order valence-electron chi connectivity index (χ3n) is 3.86. The van der Waals surface area contributed by atoms with Gasteiger partial charge in [0.25, 0.3) is 5.91 Å². The van der Waals surface area contributed by atoms with Crippen LogP contribution in [0.4, 0.5) is 5.69 Å². The van der Waals surface area contributed by atoms with E-state index in [9.17, 15) is 13.2 Å². The number of fused-ring (bicyclic) bond motifs is 1. The van der Waals surface area contributed by atoms with Crippen molar-refractivity contribution in [1.82, 2.24) is 5.32 Å². The van der Waals surface area contributed by atoms with Crippen LogP contribution in [0.3, 0.4) is 0 Å². The van der Waals surface area contributed by atoms with Gasteiger partial charge >= 0.3 is 0 Å². The maximum atomic E-state index is 12.5. The molecule has 2 aromatic carbocycles. The zero-order valence-electron chi connectivity index (χ0n) is 13.8. The van der Waals surface area contributed by atoms with E-state index in [1.165, 1.54) is 6.07 Å². The van der Waals surface area contributed by atoms with Crippen LogP contribution in [0.15, 0.2) is 42.5 Å². The maximum Gasteiger partial charge on any atom is 0.263 e. The van der Waals surface area contributed by atoms with E-state index in [2.05, 4.69) is 5.32 Å². The Bertz CT molecular complexity index is 932. The minimum Gasteiger partial charge on any atom is -0.476 e. The molecule has 26 heavy (non-hydrogen) atoms. The highest BCUT2D eigenvalue weighted by atomic mass is 35.5. The molecule has 6 nitrogen and oxygen atoms in total. The lowest BCUT2D eigenvalue weighted by Crippen LogP contribution is -2.50. The number of carbonyl (C=O) groups excluding carboxylic acids is 1. The number of rotatable bonds is 4. The van der Waals surface area contributed by atoms with Crippen LogP contribution >= 0.6 is 23.2 Å². The predicted octanol–water partition coefficient (Wildman–Crippen LogP) is 2.84. The Morgan fingerprint density at radius 3 is 2.50 bits per heavy atom. The molecule has 0 aliphatic carbocycles. The summed E-state index contributed by atoms with van der Waals surface area (Å²) in [6, 6.07) is 11.7. The zero-order valence-corrected chi connectivity index (χ0v) is 16.1. The highest BCUT2D eigenvalue weighted by Crippen LogP contribution is 2.37. The van der Waals surface area contributed by atoms with Crippen molar-refractivity contribution in [2.45, 2.75) is 12.6 Å². The fraction of sp³-hybridized carbons (Fsp3) is 0.235. The highest BCUT2D eigenvalue weighted by molar-refractivity contribution is 7.92. The summed E-state index contributed by atoms with van der Waals surface area (Å²) < 4.78 is 31.1. The smallest absolute Gasteiger partial charge is 0.263 e. The van der Waals surface area contributed by atoms with E-state index in [1.54, 1.807) is 36.4 Å². The van der Waals surface area contributed by atoms with Gasteiger partial charge in [-0.05, 0) is 35.9 Å². The molecule has 0 fully saturated rings. The Hall–Kier alpha value is -1.96. The molecule has 0 spiro atoms. The molecule has 3 rings (SSSR count). The molecule has 0 radical (unpaired) electrons. The second-order valence-corrected chi connectivity index (χ2v) is 8.64. The topological polar surface area (TPSA) is 75.7 Å². The van der Waals surface area contributed by atoms with Gasteiger partial charge in [-0.3, -0.25) is 9.10 Å². The van der Waals surface area contributed by atoms with Crippen LogP contribution in [0.25, 0.3) is 0 Å². The second-order valence-electron chi connectivity index (χ2n) is 5.86. The van der Waals surface area contributed by atoms with Crippen molar-refractivity contribution in [3.63, 3.8) is 0 Å². The number of nitrogens with one attached hydrogen (secondary N) is 1. The molecule has 1 N–H and O–H groups in total. The van der Waals surface area contributed by atoms with E-state index in [-0.39, 0.29) is 18.8 Å². The van der Waals surface area contributed by atoms with Crippen molar-refractivity contribution < 1.29 is 17.9 Å². The number of hydrogen-bond donors (Lipinski definition) is 1. The Morgan fingerprint density at radius 2 is 1.85 bits per heavy atom. The molecular weight excluding hydrogens is 399 g/mol. The summed E-state index contributed by atoms with van der Waals surface area (Å²) in [4.78, 5) is 12.5. The number of anilines is 1. The first-order chi connectivity index (χ1) is 12.2. The SMILES string of the molecule is CS(=O)(=O)N1C[C@H](C(=O)NCc2ccc(Cl)cc2)Oc2ccc(Cl)cc21. The van der Waals surface area contributed by atoms with Crippen LogP contribution in [0.5, 0.6) is 5.75 Å². The van der Waals surface area contributed by atoms with E-state index >= 15 is 0 Å². The minimum atomic E-state index is -3.59. The fourth-order valence-electron chi connectivity index (χ4n) is 2.58. The molecule has 0 saturated carbocycles. The summed E-state index contributed by atoms with van der Waals surface area (Å²) >= 11 is 11.8. The summed E-state index contributed by atoms with van der Waals surface area (Å²) in [5.41, 5.74) is 1.19. The van der Waals surface area contributed by atoms with E-state index in [1.807, 2.05) is 0 Å². The largest absolute Gasteiger partial charge is 0.476 e. The van der Waals surface area contributed by atoms with Crippen LogP contribution in [-0.4, -0.2) is 33.2 Å². The number of amides is 1. The van der Waals surface area contributed by atoms with Crippen molar-refractivity contribution in [3.05, 3.63) is 58.1 Å². The number of ether oxygens (including phenoxy) is 1. The van der Waals surface area contributed by atoms with Gasteiger partial charge in [-0.25, -0.2) is 8.42 Å². The average Bonchev–Trinajstić information content (AvgIpc) is 2.59. The fourth-order valence-corrected chi connectivity index (χ4v) is 3.78. The highest BCUT2D eigenvalue weighted by Gasteiger charge is 2.35. The molecule has 0 saturated heterocycles. The maximum absolute atomic E-state index is 12.5. The normalized spacial score (nSPS) is 16.6. The monoisotopic (exact) mass is 414 g/mol. The standard InChI is InChI=1S/C17H16Cl2N2O4S/c1-26(23,24)21-10-16(25-15-7-6-13(19)8-14(15)21)17(22)20-9-11-2-4-12(18)5-3-11/h2-8,16H,9-10H2,1H3,(H,20,22)/t16-/m1/s1. The number of benzene rings is 2. The molecule has 138 valence electrons. The first kappa shape index (κ1) is 18.8. The average molecular weight is 415 g/mol. The Balaban J connectivity index is 1.77. The number of halogens is 2. The van der Waals surface area contributed by atoms with Gasteiger partial charge in [0.1, 0.15) is 5.75 Å². The Labute approximate surface area is 161 Å². The van der Waals surface area contributed by atoms with Gasteiger partial charge in [0.05, 0.1) is 18.5 Å². The first-order valence-electron chi connectivity index (χ1n) is 7.70. The van der Waals surface area contributed by atoms with E-state index in [0.717, 1.165) is 16.1 Å². The summed E-state index contributed by atoms with van der Waals surface area (Å²) in [5, 5.41) is 3.74. The summed E-state index contributed by atoms with van der Waals surface area (Å²) in [6.07, 6.45) is 0.108. The van der Waals surface area contributed by atoms with Gasteiger partial charge in [0, 0.05) is 16.6 Å². The summed E-state index contributed by atoms with van der Waals surface area (Å²) in [5.74, 6) is -0.119. The van der Waals surface area contributed by atoms with Gasteiger partial charge in [-0.1, -0.05) is 35.3 Å². The molecule has 1 heterocycles. The van der Waals surface area contributed by atoms with Crippen molar-refractivity contribution in [2.24, 2.45) is 0 Å². The third kappa shape index (κ3) is 4.23. The first-order valence-corrected chi connectivity index (χ1v) is 10.3. The molecule has 0 aromatic heterocycles. The van der Waals surface area contributed by atoms with E-state index < -0.39 is 22.0 Å². The number of sulfonamides is 1. The number of nitrogens with zero attached hydrogens (tertiary/aromatic N) is 1. The molecule has 1 amide bonds. The number of hydrogen-bond acceptors (Lipinski definition) is 4. The third-order valence-corrected chi connectivity index (χ3v) is 5.50. The summed E-state index contributed by atoms with van der Waals surface area (Å²) in [6.45, 7) is 0.154. The van der Waals surface area contributed by atoms with Crippen molar-refractivity contribution in [1.29, 1.82) is 0 Å². The van der Waals surface area contributed by atoms with E-state index in [4.69, 9.17) is 27.9 Å². The Kier molecular flexibility index (Phi) is 5.32. The van der Waals surface area contributed by atoms with Gasteiger partial charge < -0.3 is 10.1 Å². The van der Waals surface area contributed by atoms with Gasteiger partial charge in [0.2, 0.25) is 10.0 Å². The molecule has 0 unspecified atom stereocenters. The lowest BCUT2D eigenvalue weighted by molar-refractivity contribution is -0.127. The van der Waals surface area contributed by atoms with Crippen molar-refractivity contribution in [3.8, 4) is 5.75 Å². The van der Waals surface area contributed by atoms with Crippen molar-refractivity contribution >= 4 is 44.8 Å². The second kappa shape index (κ2) is 7.34. The van der Waals surface area contributed by atoms with Crippen molar-refractivity contribution in [2.75, 3.05) is 17.1 Å². The molecule has 1 aliphatic rings. The lowest BCUT2D eigenvalue weighted by atomic mass is 10.2. The molecular formula is C17H16Cl2N2O4S. The van der Waals surface area contributed by atoms with Crippen LogP contribution < -0.4 is 14.4 Å². The van der Waals surface area contributed by atoms with Gasteiger partial charge in [-0.2, -0.15) is 0 Å².